The average Bonchev–Trinajstić information content (AvgIpc) is 2.53. The van der Waals surface area contributed by atoms with E-state index in [2.05, 4.69) is 28.8 Å². The SMILES string of the molecule is CSCCC(C)NC1=NCCN1. The fraction of sp³-hybridized carbons (Fsp3) is 0.875. The van der Waals surface area contributed by atoms with Crippen molar-refractivity contribution in [3.63, 3.8) is 0 Å². The lowest BCUT2D eigenvalue weighted by molar-refractivity contribution is 0.638. The molecule has 0 saturated heterocycles. The maximum absolute atomic E-state index is 4.27. The van der Waals surface area contributed by atoms with Gasteiger partial charge >= 0.3 is 0 Å². The quantitative estimate of drug-likeness (QED) is 0.679. The zero-order valence-electron chi connectivity index (χ0n) is 7.76. The summed E-state index contributed by atoms with van der Waals surface area (Å²) in [4.78, 5) is 4.27. The molecule has 0 saturated carbocycles. The molecule has 1 atom stereocenters. The number of nitrogens with one attached hydrogen (secondary N) is 2. The third-order valence-electron chi connectivity index (χ3n) is 1.81. The Balaban J connectivity index is 2.12. The molecular formula is C8H17N3S. The van der Waals surface area contributed by atoms with Crippen LogP contribution < -0.4 is 10.6 Å². The van der Waals surface area contributed by atoms with Gasteiger partial charge in [-0.25, -0.2) is 0 Å². The van der Waals surface area contributed by atoms with Crippen molar-refractivity contribution in [1.29, 1.82) is 0 Å². The summed E-state index contributed by atoms with van der Waals surface area (Å²) < 4.78 is 0. The summed E-state index contributed by atoms with van der Waals surface area (Å²) in [5.41, 5.74) is 0. The second-order valence-electron chi connectivity index (χ2n) is 2.98. The Labute approximate surface area is 78.4 Å². The summed E-state index contributed by atoms with van der Waals surface area (Å²) >= 11 is 1.89. The molecule has 1 rings (SSSR count). The number of thioether (sulfide) groups is 1. The average molecular weight is 187 g/mol. The van der Waals surface area contributed by atoms with E-state index in [0.717, 1.165) is 19.0 Å². The highest BCUT2D eigenvalue weighted by molar-refractivity contribution is 7.98. The summed E-state index contributed by atoms with van der Waals surface area (Å²) in [5.74, 6) is 2.19. The Hall–Kier alpha value is -0.380. The molecule has 0 spiro atoms. The molecule has 0 radical (unpaired) electrons. The van der Waals surface area contributed by atoms with Gasteiger partial charge in [-0.2, -0.15) is 11.8 Å². The molecule has 1 aliphatic rings. The first-order chi connectivity index (χ1) is 5.83. The Morgan fingerprint density at radius 3 is 3.17 bits per heavy atom. The summed E-state index contributed by atoms with van der Waals surface area (Å²) in [6.07, 6.45) is 3.33. The molecule has 0 aliphatic carbocycles. The maximum Gasteiger partial charge on any atom is 0.191 e. The first-order valence-electron chi connectivity index (χ1n) is 4.36. The van der Waals surface area contributed by atoms with Gasteiger partial charge in [0.05, 0.1) is 6.54 Å². The largest absolute Gasteiger partial charge is 0.355 e. The van der Waals surface area contributed by atoms with Crippen LogP contribution in [0.15, 0.2) is 4.99 Å². The van der Waals surface area contributed by atoms with Gasteiger partial charge in [-0.15, -0.1) is 0 Å². The van der Waals surface area contributed by atoms with Crippen molar-refractivity contribution in [2.24, 2.45) is 4.99 Å². The molecule has 70 valence electrons. The first kappa shape index (κ1) is 9.71. The first-order valence-corrected chi connectivity index (χ1v) is 5.76. The van der Waals surface area contributed by atoms with Gasteiger partial charge in [-0.1, -0.05) is 0 Å². The van der Waals surface area contributed by atoms with Crippen LogP contribution in [0, 0.1) is 0 Å². The number of hydrogen-bond donors (Lipinski definition) is 2. The second kappa shape index (κ2) is 5.30. The number of aliphatic imine (C=N–C) groups is 1. The van der Waals surface area contributed by atoms with E-state index in [1.807, 2.05) is 11.8 Å². The molecule has 0 amide bonds. The minimum absolute atomic E-state index is 0.529. The Morgan fingerprint density at radius 1 is 1.75 bits per heavy atom. The van der Waals surface area contributed by atoms with Crippen molar-refractivity contribution in [2.75, 3.05) is 25.1 Å². The molecule has 2 N–H and O–H groups in total. The van der Waals surface area contributed by atoms with E-state index in [4.69, 9.17) is 0 Å². The van der Waals surface area contributed by atoms with Gasteiger partial charge < -0.3 is 10.6 Å². The lowest BCUT2D eigenvalue weighted by atomic mass is 10.3. The summed E-state index contributed by atoms with van der Waals surface area (Å²) in [6, 6.07) is 0.529. The highest BCUT2D eigenvalue weighted by Gasteiger charge is 2.07. The Bertz CT molecular complexity index is 158. The van der Waals surface area contributed by atoms with E-state index >= 15 is 0 Å². The van der Waals surface area contributed by atoms with Gasteiger partial charge in [0.1, 0.15) is 0 Å². The third kappa shape index (κ3) is 3.34. The van der Waals surface area contributed by atoms with E-state index in [-0.39, 0.29) is 0 Å². The van der Waals surface area contributed by atoms with E-state index in [1.54, 1.807) is 0 Å². The van der Waals surface area contributed by atoms with Crippen LogP contribution in [0.5, 0.6) is 0 Å². The van der Waals surface area contributed by atoms with Crippen LogP contribution in [0.2, 0.25) is 0 Å². The molecular weight excluding hydrogens is 170 g/mol. The van der Waals surface area contributed by atoms with Crippen LogP contribution in [-0.4, -0.2) is 37.1 Å². The van der Waals surface area contributed by atoms with Crippen LogP contribution in [0.3, 0.4) is 0 Å². The summed E-state index contributed by atoms with van der Waals surface area (Å²) in [7, 11) is 0. The number of guanidine groups is 1. The normalized spacial score (nSPS) is 18.3. The van der Waals surface area contributed by atoms with Gasteiger partial charge in [-0.3, -0.25) is 4.99 Å². The standard InChI is InChI=1S/C8H17N3S/c1-7(3-6-12-2)11-8-9-4-5-10-8/h7H,3-6H2,1-2H3,(H2,9,10,11). The predicted molar refractivity (Wildman–Crippen MR) is 55.9 cm³/mol. The number of rotatable bonds is 4. The second-order valence-corrected chi connectivity index (χ2v) is 3.97. The molecule has 0 aromatic rings. The van der Waals surface area contributed by atoms with Crippen molar-refractivity contribution in [3.05, 3.63) is 0 Å². The van der Waals surface area contributed by atoms with E-state index < -0.39 is 0 Å². The van der Waals surface area contributed by atoms with Gasteiger partial charge in [0.15, 0.2) is 5.96 Å². The monoisotopic (exact) mass is 187 g/mol. The van der Waals surface area contributed by atoms with Crippen LogP contribution >= 0.6 is 11.8 Å². The minimum Gasteiger partial charge on any atom is -0.355 e. The van der Waals surface area contributed by atoms with Gasteiger partial charge in [0.2, 0.25) is 0 Å². The molecule has 0 bridgehead atoms. The fourth-order valence-corrected chi connectivity index (χ4v) is 1.68. The molecule has 4 heteroatoms. The Morgan fingerprint density at radius 2 is 2.58 bits per heavy atom. The number of nitrogens with zero attached hydrogens (tertiary/aromatic N) is 1. The van der Waals surface area contributed by atoms with Crippen molar-refractivity contribution in [3.8, 4) is 0 Å². The Kier molecular flexibility index (Phi) is 4.29. The summed E-state index contributed by atoms with van der Waals surface area (Å²) in [5, 5.41) is 6.54. The van der Waals surface area contributed by atoms with Crippen LogP contribution in [-0.2, 0) is 0 Å². The van der Waals surface area contributed by atoms with E-state index in [1.165, 1.54) is 12.2 Å². The third-order valence-corrected chi connectivity index (χ3v) is 2.46. The molecule has 1 unspecified atom stereocenters. The van der Waals surface area contributed by atoms with Gasteiger partial charge in [-0.05, 0) is 25.4 Å². The fourth-order valence-electron chi connectivity index (χ4n) is 1.09. The topological polar surface area (TPSA) is 36.4 Å². The van der Waals surface area contributed by atoms with Gasteiger partial charge in [0, 0.05) is 12.6 Å². The molecule has 1 aliphatic heterocycles. The highest BCUT2D eigenvalue weighted by Crippen LogP contribution is 1.99. The van der Waals surface area contributed by atoms with Crippen molar-refractivity contribution >= 4 is 17.7 Å². The highest BCUT2D eigenvalue weighted by atomic mass is 32.2. The number of hydrogen-bond acceptors (Lipinski definition) is 4. The predicted octanol–water partition coefficient (Wildman–Crippen LogP) is 0.677. The molecule has 0 aromatic heterocycles. The van der Waals surface area contributed by atoms with Gasteiger partial charge in [0.25, 0.3) is 0 Å². The smallest absolute Gasteiger partial charge is 0.191 e. The van der Waals surface area contributed by atoms with Crippen molar-refractivity contribution in [1.82, 2.24) is 10.6 Å². The van der Waals surface area contributed by atoms with E-state index in [0.29, 0.717) is 6.04 Å². The van der Waals surface area contributed by atoms with Crippen LogP contribution in [0.1, 0.15) is 13.3 Å². The van der Waals surface area contributed by atoms with Crippen molar-refractivity contribution in [2.45, 2.75) is 19.4 Å². The minimum atomic E-state index is 0.529. The molecule has 1 heterocycles. The van der Waals surface area contributed by atoms with Crippen LogP contribution in [0.25, 0.3) is 0 Å². The molecule has 0 fully saturated rings. The van der Waals surface area contributed by atoms with Crippen LogP contribution in [0.4, 0.5) is 0 Å². The zero-order valence-corrected chi connectivity index (χ0v) is 8.58. The lowest BCUT2D eigenvalue weighted by Crippen LogP contribution is -2.39. The lowest BCUT2D eigenvalue weighted by Gasteiger charge is -2.13. The molecule has 3 nitrogen and oxygen atoms in total. The van der Waals surface area contributed by atoms with E-state index in [9.17, 15) is 0 Å². The maximum atomic E-state index is 4.27. The molecule has 12 heavy (non-hydrogen) atoms. The zero-order chi connectivity index (χ0) is 8.81. The summed E-state index contributed by atoms with van der Waals surface area (Å²) in [6.45, 7) is 4.09. The molecule has 0 aromatic carbocycles. The van der Waals surface area contributed by atoms with Crippen molar-refractivity contribution < 1.29 is 0 Å².